The summed E-state index contributed by atoms with van der Waals surface area (Å²) in [6.45, 7) is 2.27. The molecule has 1 aliphatic heterocycles. The van der Waals surface area contributed by atoms with Crippen LogP contribution < -0.4 is 5.32 Å². The van der Waals surface area contributed by atoms with Gasteiger partial charge in [-0.15, -0.1) is 0 Å². The van der Waals surface area contributed by atoms with Crippen LogP contribution in [0.5, 0.6) is 0 Å². The molecule has 0 bridgehead atoms. The van der Waals surface area contributed by atoms with Crippen molar-refractivity contribution < 1.29 is 27.6 Å². The fourth-order valence-corrected chi connectivity index (χ4v) is 3.85. The molecule has 1 aliphatic carbocycles. The van der Waals surface area contributed by atoms with Crippen molar-refractivity contribution in [1.29, 1.82) is 0 Å². The second kappa shape index (κ2) is 8.51. The van der Waals surface area contributed by atoms with Crippen molar-refractivity contribution >= 4 is 11.9 Å². The minimum atomic E-state index is -0.813. The van der Waals surface area contributed by atoms with Crippen molar-refractivity contribution in [1.82, 2.24) is 15.4 Å². The van der Waals surface area contributed by atoms with Gasteiger partial charge in [-0.05, 0) is 37.3 Å². The second-order valence-electron chi connectivity index (χ2n) is 7.90. The molecule has 30 heavy (non-hydrogen) atoms. The Kier molecular flexibility index (Phi) is 5.80. The number of esters is 1. The molecule has 0 spiro atoms. The van der Waals surface area contributed by atoms with Crippen molar-refractivity contribution in [2.45, 2.75) is 25.3 Å². The summed E-state index contributed by atoms with van der Waals surface area (Å²) in [5.41, 5.74) is -0.0403. The van der Waals surface area contributed by atoms with Crippen LogP contribution in [0.4, 0.5) is 8.78 Å². The predicted octanol–water partition coefficient (Wildman–Crippen LogP) is 2.62. The normalized spacial score (nSPS) is 22.0. The lowest BCUT2D eigenvalue weighted by Gasteiger charge is -2.37. The van der Waals surface area contributed by atoms with Crippen molar-refractivity contribution in [3.8, 4) is 11.3 Å². The zero-order valence-electron chi connectivity index (χ0n) is 16.6. The number of halogens is 2. The highest BCUT2D eigenvalue weighted by Crippen LogP contribution is 2.31. The largest absolute Gasteiger partial charge is 0.469 e. The summed E-state index contributed by atoms with van der Waals surface area (Å²) in [4.78, 5) is 27.2. The Hall–Kier alpha value is -2.81. The van der Waals surface area contributed by atoms with Crippen LogP contribution in [0, 0.1) is 23.5 Å². The lowest BCUT2D eigenvalue weighted by Crippen LogP contribution is -2.54. The standard InChI is InChI=1S/C21H23F2N3O4/c1-29-21(28)15-11-26(10-12-2-3-12)7-6-17(15)24-20(27)18-9-19(30-25-18)14-5-4-13(22)8-16(14)23/h4-5,8-9,12,15,17H,2-3,6-7,10-11H2,1H3,(H,24,27)/t15-,17-/m1/s1. The maximum atomic E-state index is 13.9. The van der Waals surface area contributed by atoms with E-state index in [2.05, 4.69) is 15.4 Å². The van der Waals surface area contributed by atoms with Crippen LogP contribution in [-0.2, 0) is 9.53 Å². The van der Waals surface area contributed by atoms with Crippen molar-refractivity contribution in [3.63, 3.8) is 0 Å². The van der Waals surface area contributed by atoms with E-state index in [1.54, 1.807) is 0 Å². The number of likely N-dealkylation sites (tertiary alicyclic amines) is 1. The Balaban J connectivity index is 1.44. The monoisotopic (exact) mass is 419 g/mol. The fourth-order valence-electron chi connectivity index (χ4n) is 3.85. The van der Waals surface area contributed by atoms with Gasteiger partial charge in [-0.3, -0.25) is 9.59 Å². The van der Waals surface area contributed by atoms with Crippen molar-refractivity contribution in [2.75, 3.05) is 26.7 Å². The molecule has 2 heterocycles. The first kappa shape index (κ1) is 20.5. The summed E-state index contributed by atoms with van der Waals surface area (Å²) in [6.07, 6.45) is 3.06. The number of nitrogens with one attached hydrogen (secondary N) is 1. The number of rotatable bonds is 6. The fraction of sp³-hybridized carbons (Fsp3) is 0.476. The van der Waals surface area contributed by atoms with Gasteiger partial charge in [-0.1, -0.05) is 5.16 Å². The molecular formula is C21H23F2N3O4. The minimum absolute atomic E-state index is 0.00349. The molecule has 160 valence electrons. The number of hydrogen-bond donors (Lipinski definition) is 1. The van der Waals surface area contributed by atoms with Crippen molar-refractivity contribution in [3.05, 3.63) is 41.6 Å². The molecule has 0 unspecified atom stereocenters. The van der Waals surface area contributed by atoms with E-state index in [-0.39, 0.29) is 23.0 Å². The number of aromatic nitrogens is 1. The summed E-state index contributed by atoms with van der Waals surface area (Å²) in [5, 5.41) is 6.54. The molecule has 7 nitrogen and oxygen atoms in total. The maximum Gasteiger partial charge on any atom is 0.312 e. The number of amides is 1. The zero-order chi connectivity index (χ0) is 21.3. The number of carbonyl (C=O) groups excluding carboxylic acids is 2. The molecule has 9 heteroatoms. The average Bonchev–Trinajstić information content (AvgIpc) is 3.40. The summed E-state index contributed by atoms with van der Waals surface area (Å²) in [5.74, 6) is -2.18. The maximum absolute atomic E-state index is 13.9. The summed E-state index contributed by atoms with van der Waals surface area (Å²) in [6, 6.07) is 3.94. The van der Waals surface area contributed by atoms with Crippen LogP contribution in [-0.4, -0.2) is 54.7 Å². The Labute approximate surface area is 172 Å². The van der Waals surface area contributed by atoms with Gasteiger partial charge in [0.15, 0.2) is 11.5 Å². The molecule has 1 N–H and O–H groups in total. The van der Waals surface area contributed by atoms with Crippen molar-refractivity contribution in [2.24, 2.45) is 11.8 Å². The van der Waals surface area contributed by atoms with Gasteiger partial charge in [0.25, 0.3) is 5.91 Å². The number of hydrogen-bond acceptors (Lipinski definition) is 6. The Morgan fingerprint density at radius 1 is 1.27 bits per heavy atom. The van der Waals surface area contributed by atoms with Crippen LogP contribution >= 0.6 is 0 Å². The van der Waals surface area contributed by atoms with E-state index in [0.717, 1.165) is 25.2 Å². The number of ether oxygens (including phenoxy) is 1. The highest BCUT2D eigenvalue weighted by atomic mass is 19.1. The lowest BCUT2D eigenvalue weighted by atomic mass is 9.91. The van der Waals surface area contributed by atoms with E-state index in [1.165, 1.54) is 32.1 Å². The van der Waals surface area contributed by atoms with Gasteiger partial charge in [0, 0.05) is 37.8 Å². The molecule has 1 aromatic heterocycles. The Morgan fingerprint density at radius 2 is 2.07 bits per heavy atom. The van der Waals surface area contributed by atoms with E-state index >= 15 is 0 Å². The number of benzene rings is 1. The third-order valence-electron chi connectivity index (χ3n) is 5.67. The highest BCUT2D eigenvalue weighted by molar-refractivity contribution is 5.93. The SMILES string of the molecule is COC(=O)[C@@H]1CN(CC2CC2)CC[C@H]1NC(=O)c1cc(-c2ccc(F)cc2F)on1. The number of piperidine rings is 1. The lowest BCUT2D eigenvalue weighted by molar-refractivity contribution is -0.148. The van der Waals surface area contributed by atoms with E-state index in [4.69, 9.17) is 9.26 Å². The number of nitrogens with zero attached hydrogens (tertiary/aromatic N) is 2. The molecular weight excluding hydrogens is 396 g/mol. The molecule has 2 atom stereocenters. The predicted molar refractivity (Wildman–Crippen MR) is 102 cm³/mol. The van der Waals surface area contributed by atoms with Gasteiger partial charge < -0.3 is 19.5 Å². The van der Waals surface area contributed by atoms with Crippen LogP contribution in [0.2, 0.25) is 0 Å². The summed E-state index contributed by atoms with van der Waals surface area (Å²) < 4.78 is 37.1. The van der Waals surface area contributed by atoms with Gasteiger partial charge in [0.2, 0.25) is 0 Å². The Morgan fingerprint density at radius 3 is 2.77 bits per heavy atom. The third kappa shape index (κ3) is 4.51. The topological polar surface area (TPSA) is 84.7 Å². The van der Waals surface area contributed by atoms with Crippen LogP contribution in [0.15, 0.2) is 28.8 Å². The van der Waals surface area contributed by atoms with Gasteiger partial charge in [-0.25, -0.2) is 8.78 Å². The van der Waals surface area contributed by atoms with Gasteiger partial charge >= 0.3 is 5.97 Å². The minimum Gasteiger partial charge on any atom is -0.469 e. The zero-order valence-corrected chi connectivity index (χ0v) is 16.6. The second-order valence-corrected chi connectivity index (χ2v) is 7.90. The molecule has 2 aliphatic rings. The van der Waals surface area contributed by atoms with Crippen LogP contribution in [0.25, 0.3) is 11.3 Å². The first-order valence-electron chi connectivity index (χ1n) is 9.97. The first-order valence-corrected chi connectivity index (χ1v) is 9.97. The molecule has 2 aromatic rings. The van der Waals surface area contributed by atoms with E-state index in [1.807, 2.05) is 0 Å². The molecule has 2 fully saturated rings. The molecule has 1 saturated heterocycles. The number of carbonyl (C=O) groups is 2. The van der Waals surface area contributed by atoms with Gasteiger partial charge in [-0.2, -0.15) is 0 Å². The first-order chi connectivity index (χ1) is 14.4. The third-order valence-corrected chi connectivity index (χ3v) is 5.67. The van der Waals surface area contributed by atoms with Gasteiger partial charge in [0.05, 0.1) is 18.6 Å². The summed E-state index contributed by atoms with van der Waals surface area (Å²) in [7, 11) is 1.34. The van der Waals surface area contributed by atoms with E-state index in [0.29, 0.717) is 18.9 Å². The van der Waals surface area contributed by atoms with Crippen LogP contribution in [0.1, 0.15) is 29.8 Å². The Bertz CT molecular complexity index is 944. The smallest absolute Gasteiger partial charge is 0.312 e. The number of methoxy groups -OCH3 is 1. The highest BCUT2D eigenvalue weighted by Gasteiger charge is 2.38. The quantitative estimate of drug-likeness (QED) is 0.725. The van der Waals surface area contributed by atoms with E-state index < -0.39 is 29.5 Å². The molecule has 4 rings (SSSR count). The molecule has 1 aromatic carbocycles. The summed E-state index contributed by atoms with van der Waals surface area (Å²) >= 11 is 0. The average molecular weight is 419 g/mol. The molecule has 1 saturated carbocycles. The molecule has 1 amide bonds. The van der Waals surface area contributed by atoms with Crippen LogP contribution in [0.3, 0.4) is 0 Å². The van der Waals surface area contributed by atoms with Gasteiger partial charge in [0.1, 0.15) is 11.6 Å². The van der Waals surface area contributed by atoms with E-state index in [9.17, 15) is 18.4 Å². The molecule has 0 radical (unpaired) electrons.